The molecule has 0 unspecified atom stereocenters. The van der Waals surface area contributed by atoms with Crippen molar-refractivity contribution in [2.75, 3.05) is 11.9 Å². The number of hydrogen-bond donors (Lipinski definition) is 1. The first kappa shape index (κ1) is 15.2. The number of halogens is 4. The van der Waals surface area contributed by atoms with Crippen LogP contribution in [0.5, 0.6) is 5.75 Å². The van der Waals surface area contributed by atoms with Crippen LogP contribution in [0.1, 0.15) is 0 Å². The Balaban J connectivity index is 1.97. The van der Waals surface area contributed by atoms with Gasteiger partial charge in [-0.05, 0) is 24.3 Å². The summed E-state index contributed by atoms with van der Waals surface area (Å²) in [5.74, 6) is -3.46. The van der Waals surface area contributed by atoms with E-state index in [9.17, 15) is 18.0 Å². The van der Waals surface area contributed by atoms with Gasteiger partial charge in [0.1, 0.15) is 5.82 Å². The summed E-state index contributed by atoms with van der Waals surface area (Å²) in [7, 11) is 0. The summed E-state index contributed by atoms with van der Waals surface area (Å²) >= 11 is 5.56. The minimum atomic E-state index is -0.934. The zero-order valence-electron chi connectivity index (χ0n) is 10.5. The van der Waals surface area contributed by atoms with Gasteiger partial charge < -0.3 is 10.1 Å². The van der Waals surface area contributed by atoms with Crippen molar-refractivity contribution in [2.24, 2.45) is 0 Å². The Morgan fingerprint density at radius 2 is 1.95 bits per heavy atom. The van der Waals surface area contributed by atoms with Crippen molar-refractivity contribution in [1.82, 2.24) is 0 Å². The minimum absolute atomic E-state index is 0.115. The Labute approximate surface area is 123 Å². The summed E-state index contributed by atoms with van der Waals surface area (Å²) in [6, 6.07) is 6.78. The van der Waals surface area contributed by atoms with E-state index in [1.165, 1.54) is 18.2 Å². The lowest BCUT2D eigenvalue weighted by atomic mass is 10.3. The van der Waals surface area contributed by atoms with E-state index in [1.807, 2.05) is 0 Å². The lowest BCUT2D eigenvalue weighted by Gasteiger charge is -2.09. The molecule has 0 aliphatic heterocycles. The van der Waals surface area contributed by atoms with Crippen LogP contribution >= 0.6 is 11.6 Å². The molecule has 0 radical (unpaired) electrons. The average Bonchev–Trinajstić information content (AvgIpc) is 2.43. The molecule has 0 saturated heterocycles. The van der Waals surface area contributed by atoms with Gasteiger partial charge in [-0.1, -0.05) is 17.7 Å². The van der Waals surface area contributed by atoms with Crippen LogP contribution in [0, 0.1) is 17.5 Å². The van der Waals surface area contributed by atoms with E-state index in [1.54, 1.807) is 0 Å². The largest absolute Gasteiger partial charge is 0.481 e. The summed E-state index contributed by atoms with van der Waals surface area (Å²) in [4.78, 5) is 11.6. The Morgan fingerprint density at radius 1 is 1.19 bits per heavy atom. The lowest BCUT2D eigenvalue weighted by Crippen LogP contribution is -2.21. The van der Waals surface area contributed by atoms with Gasteiger partial charge in [-0.25, -0.2) is 13.2 Å². The number of rotatable bonds is 4. The molecule has 0 aliphatic rings. The maximum atomic E-state index is 13.5. The molecule has 0 heterocycles. The Kier molecular flexibility index (Phi) is 4.70. The summed E-state index contributed by atoms with van der Waals surface area (Å²) in [6.45, 7) is -0.561. The van der Waals surface area contributed by atoms with Gasteiger partial charge >= 0.3 is 0 Å². The van der Waals surface area contributed by atoms with E-state index in [0.717, 1.165) is 12.1 Å². The molecule has 1 N–H and O–H groups in total. The van der Waals surface area contributed by atoms with Crippen molar-refractivity contribution in [3.63, 3.8) is 0 Å². The molecule has 110 valence electrons. The van der Waals surface area contributed by atoms with Crippen LogP contribution < -0.4 is 10.1 Å². The Hall–Kier alpha value is -2.21. The summed E-state index contributed by atoms with van der Waals surface area (Å²) in [5, 5.41) is 2.09. The highest BCUT2D eigenvalue weighted by Gasteiger charge is 2.11. The molecule has 0 saturated carbocycles. The number of ether oxygens (including phenoxy) is 1. The van der Waals surface area contributed by atoms with Crippen LogP contribution in [-0.4, -0.2) is 12.5 Å². The Morgan fingerprint density at radius 3 is 2.67 bits per heavy atom. The number of amides is 1. The molecular weight excluding hydrogens is 307 g/mol. The van der Waals surface area contributed by atoms with Crippen molar-refractivity contribution in [3.05, 3.63) is 58.9 Å². The molecule has 0 fully saturated rings. The van der Waals surface area contributed by atoms with Gasteiger partial charge in [-0.15, -0.1) is 0 Å². The predicted molar refractivity (Wildman–Crippen MR) is 71.9 cm³/mol. The van der Waals surface area contributed by atoms with Crippen molar-refractivity contribution >= 4 is 23.2 Å². The number of nitrogens with one attached hydrogen (secondary N) is 1. The molecule has 0 bridgehead atoms. The molecule has 7 heteroatoms. The second kappa shape index (κ2) is 6.49. The molecule has 2 aromatic carbocycles. The van der Waals surface area contributed by atoms with Gasteiger partial charge in [0.2, 0.25) is 0 Å². The molecule has 0 aliphatic carbocycles. The van der Waals surface area contributed by atoms with E-state index in [0.29, 0.717) is 6.07 Å². The van der Waals surface area contributed by atoms with Gasteiger partial charge in [0, 0.05) is 6.07 Å². The molecule has 0 spiro atoms. The van der Waals surface area contributed by atoms with E-state index < -0.39 is 30.0 Å². The van der Waals surface area contributed by atoms with Crippen LogP contribution in [0.2, 0.25) is 5.02 Å². The summed E-state index contributed by atoms with van der Waals surface area (Å²) in [6.07, 6.45) is 0. The third-order valence-electron chi connectivity index (χ3n) is 2.48. The molecule has 0 aromatic heterocycles. The molecular formula is C14H9ClF3NO2. The number of hydrogen-bond acceptors (Lipinski definition) is 2. The van der Waals surface area contributed by atoms with Gasteiger partial charge in [-0.2, -0.15) is 0 Å². The van der Waals surface area contributed by atoms with Crippen LogP contribution in [0.3, 0.4) is 0 Å². The highest BCUT2D eigenvalue weighted by molar-refractivity contribution is 6.31. The van der Waals surface area contributed by atoms with Gasteiger partial charge in [-0.3, -0.25) is 4.79 Å². The summed E-state index contributed by atoms with van der Waals surface area (Å²) < 4.78 is 44.4. The quantitative estimate of drug-likeness (QED) is 0.932. The minimum Gasteiger partial charge on any atom is -0.481 e. The Bertz CT molecular complexity index is 679. The molecule has 0 atom stereocenters. The fraction of sp³-hybridized carbons (Fsp3) is 0.0714. The van der Waals surface area contributed by atoms with Gasteiger partial charge in [0.05, 0.1) is 10.7 Å². The maximum Gasteiger partial charge on any atom is 0.262 e. The molecule has 1 amide bonds. The standard InChI is InChI=1S/C14H9ClF3NO2/c15-9-2-1-3-11(14(9)18)19-13(20)7-21-12-5-4-8(16)6-10(12)17/h1-6H,7H2,(H,19,20). The van der Waals surface area contributed by atoms with Crippen molar-refractivity contribution in [1.29, 1.82) is 0 Å². The van der Waals surface area contributed by atoms with Crippen LogP contribution in [0.4, 0.5) is 18.9 Å². The first-order valence-electron chi connectivity index (χ1n) is 5.79. The average molecular weight is 316 g/mol. The van der Waals surface area contributed by atoms with Crippen molar-refractivity contribution < 1.29 is 22.7 Å². The van der Waals surface area contributed by atoms with Crippen molar-refractivity contribution in [3.8, 4) is 5.75 Å². The number of anilines is 1. The number of carbonyl (C=O) groups excluding carboxylic acids is 1. The lowest BCUT2D eigenvalue weighted by molar-refractivity contribution is -0.118. The van der Waals surface area contributed by atoms with E-state index in [-0.39, 0.29) is 16.5 Å². The highest BCUT2D eigenvalue weighted by atomic mass is 35.5. The number of carbonyl (C=O) groups is 1. The fourth-order valence-electron chi connectivity index (χ4n) is 1.52. The molecule has 3 nitrogen and oxygen atoms in total. The summed E-state index contributed by atoms with van der Waals surface area (Å²) in [5.41, 5.74) is -0.115. The molecule has 21 heavy (non-hydrogen) atoms. The third kappa shape index (κ3) is 3.88. The van der Waals surface area contributed by atoms with E-state index in [4.69, 9.17) is 16.3 Å². The van der Waals surface area contributed by atoms with Gasteiger partial charge in [0.25, 0.3) is 5.91 Å². The predicted octanol–water partition coefficient (Wildman–Crippen LogP) is 3.77. The second-order valence-electron chi connectivity index (χ2n) is 4.01. The topological polar surface area (TPSA) is 38.3 Å². The number of benzene rings is 2. The first-order chi connectivity index (χ1) is 9.97. The normalized spacial score (nSPS) is 10.3. The highest BCUT2D eigenvalue weighted by Crippen LogP contribution is 2.22. The zero-order valence-corrected chi connectivity index (χ0v) is 11.3. The first-order valence-corrected chi connectivity index (χ1v) is 6.17. The van der Waals surface area contributed by atoms with E-state index >= 15 is 0 Å². The monoisotopic (exact) mass is 315 g/mol. The van der Waals surface area contributed by atoms with Gasteiger partial charge in [0.15, 0.2) is 24.0 Å². The maximum absolute atomic E-state index is 13.5. The third-order valence-corrected chi connectivity index (χ3v) is 2.77. The van der Waals surface area contributed by atoms with Crippen LogP contribution in [0.15, 0.2) is 36.4 Å². The second-order valence-corrected chi connectivity index (χ2v) is 4.42. The smallest absolute Gasteiger partial charge is 0.262 e. The fourth-order valence-corrected chi connectivity index (χ4v) is 1.70. The molecule has 2 rings (SSSR count). The SMILES string of the molecule is O=C(COc1ccc(F)cc1F)Nc1cccc(Cl)c1F. The molecule has 2 aromatic rings. The van der Waals surface area contributed by atoms with Crippen molar-refractivity contribution in [2.45, 2.75) is 0 Å². The van der Waals surface area contributed by atoms with E-state index in [2.05, 4.69) is 5.32 Å². The van der Waals surface area contributed by atoms with Crippen LogP contribution in [-0.2, 0) is 4.79 Å². The zero-order chi connectivity index (χ0) is 15.4. The van der Waals surface area contributed by atoms with Crippen LogP contribution in [0.25, 0.3) is 0 Å².